The highest BCUT2D eigenvalue weighted by Crippen LogP contribution is 2.59. The lowest BCUT2D eigenvalue weighted by atomic mass is 9.99. The molecule has 1 aliphatic carbocycles. The SMILES string of the molecule is C/C=C/[C@]1(CO)C[C@@H]1c1ccccc1. The molecule has 1 N–H and O–H groups in total. The average Bonchev–Trinajstić information content (AvgIpc) is 2.95. The van der Waals surface area contributed by atoms with E-state index in [0.717, 1.165) is 6.42 Å². The van der Waals surface area contributed by atoms with Crippen LogP contribution in [0.4, 0.5) is 0 Å². The first kappa shape index (κ1) is 9.47. The lowest BCUT2D eigenvalue weighted by Crippen LogP contribution is -2.05. The summed E-state index contributed by atoms with van der Waals surface area (Å²) in [4.78, 5) is 0. The van der Waals surface area contributed by atoms with E-state index in [-0.39, 0.29) is 12.0 Å². The minimum absolute atomic E-state index is 0.0378. The Hall–Kier alpha value is -1.08. The number of benzene rings is 1. The number of aliphatic hydroxyl groups is 1. The molecule has 1 saturated carbocycles. The minimum Gasteiger partial charge on any atom is -0.395 e. The summed E-state index contributed by atoms with van der Waals surface area (Å²) >= 11 is 0. The summed E-state index contributed by atoms with van der Waals surface area (Å²) in [5.41, 5.74) is 1.38. The smallest absolute Gasteiger partial charge is 0.0528 e. The Morgan fingerprint density at radius 2 is 2.14 bits per heavy atom. The first-order valence-electron chi connectivity index (χ1n) is 5.12. The van der Waals surface area contributed by atoms with Crippen molar-refractivity contribution >= 4 is 0 Å². The zero-order valence-electron chi connectivity index (χ0n) is 8.48. The molecule has 1 aromatic rings. The molecule has 1 heteroatoms. The molecular weight excluding hydrogens is 172 g/mol. The molecule has 0 unspecified atom stereocenters. The molecule has 1 fully saturated rings. The number of hydrogen-bond acceptors (Lipinski definition) is 1. The van der Waals surface area contributed by atoms with Crippen LogP contribution in [0.5, 0.6) is 0 Å². The van der Waals surface area contributed by atoms with Crippen LogP contribution in [0.25, 0.3) is 0 Å². The van der Waals surface area contributed by atoms with Gasteiger partial charge in [0, 0.05) is 5.41 Å². The summed E-state index contributed by atoms with van der Waals surface area (Å²) in [6.45, 7) is 2.27. The van der Waals surface area contributed by atoms with Crippen molar-refractivity contribution in [3.63, 3.8) is 0 Å². The van der Waals surface area contributed by atoms with E-state index in [4.69, 9.17) is 0 Å². The highest BCUT2D eigenvalue weighted by Gasteiger charge is 2.52. The predicted molar refractivity (Wildman–Crippen MR) is 58.1 cm³/mol. The van der Waals surface area contributed by atoms with Gasteiger partial charge in [0.1, 0.15) is 0 Å². The Morgan fingerprint density at radius 1 is 1.43 bits per heavy atom. The summed E-state index contributed by atoms with van der Waals surface area (Å²) in [7, 11) is 0. The van der Waals surface area contributed by atoms with E-state index in [2.05, 4.69) is 30.3 Å². The van der Waals surface area contributed by atoms with Crippen LogP contribution in [0.15, 0.2) is 42.5 Å². The highest BCUT2D eigenvalue weighted by atomic mass is 16.3. The molecular formula is C13H16O. The fraction of sp³-hybridized carbons (Fsp3) is 0.385. The molecule has 14 heavy (non-hydrogen) atoms. The summed E-state index contributed by atoms with van der Waals surface area (Å²) in [6, 6.07) is 10.4. The molecule has 0 spiro atoms. The Labute approximate surface area is 85.1 Å². The van der Waals surface area contributed by atoms with Crippen LogP contribution in [-0.2, 0) is 0 Å². The molecule has 1 aromatic carbocycles. The lowest BCUT2D eigenvalue weighted by Gasteiger charge is -2.08. The van der Waals surface area contributed by atoms with Crippen molar-refractivity contribution in [1.29, 1.82) is 0 Å². The average molecular weight is 188 g/mol. The van der Waals surface area contributed by atoms with Gasteiger partial charge in [0.25, 0.3) is 0 Å². The molecule has 0 aliphatic heterocycles. The van der Waals surface area contributed by atoms with Crippen LogP contribution in [0.1, 0.15) is 24.8 Å². The summed E-state index contributed by atoms with van der Waals surface area (Å²) in [5.74, 6) is 0.518. The van der Waals surface area contributed by atoms with Crippen molar-refractivity contribution in [1.82, 2.24) is 0 Å². The molecule has 0 saturated heterocycles. The van der Waals surface area contributed by atoms with Gasteiger partial charge in [-0.05, 0) is 24.8 Å². The fourth-order valence-corrected chi connectivity index (χ4v) is 2.20. The molecule has 0 bridgehead atoms. The predicted octanol–water partition coefficient (Wildman–Crippen LogP) is 2.73. The van der Waals surface area contributed by atoms with Gasteiger partial charge in [-0.3, -0.25) is 0 Å². The van der Waals surface area contributed by atoms with Gasteiger partial charge in [-0.25, -0.2) is 0 Å². The first-order valence-corrected chi connectivity index (χ1v) is 5.12. The molecule has 2 rings (SSSR count). The summed E-state index contributed by atoms with van der Waals surface area (Å²) < 4.78 is 0. The van der Waals surface area contributed by atoms with E-state index >= 15 is 0 Å². The van der Waals surface area contributed by atoms with E-state index in [0.29, 0.717) is 5.92 Å². The van der Waals surface area contributed by atoms with Crippen LogP contribution in [-0.4, -0.2) is 11.7 Å². The second-order valence-corrected chi connectivity index (χ2v) is 4.06. The second-order valence-electron chi connectivity index (χ2n) is 4.06. The Bertz CT molecular complexity index is 328. The maximum absolute atomic E-state index is 9.37. The first-order chi connectivity index (χ1) is 6.82. The van der Waals surface area contributed by atoms with Gasteiger partial charge >= 0.3 is 0 Å². The minimum atomic E-state index is 0.0378. The van der Waals surface area contributed by atoms with Gasteiger partial charge in [-0.15, -0.1) is 0 Å². The summed E-state index contributed by atoms with van der Waals surface area (Å²) in [6.07, 6.45) is 5.27. The highest BCUT2D eigenvalue weighted by molar-refractivity contribution is 5.33. The largest absolute Gasteiger partial charge is 0.395 e. The van der Waals surface area contributed by atoms with E-state index in [1.807, 2.05) is 19.1 Å². The molecule has 0 amide bonds. The zero-order chi connectivity index (χ0) is 10.0. The molecule has 2 atom stereocenters. The van der Waals surface area contributed by atoms with Gasteiger partial charge in [-0.2, -0.15) is 0 Å². The third-order valence-corrected chi connectivity index (χ3v) is 3.11. The molecule has 0 radical (unpaired) electrons. The van der Waals surface area contributed by atoms with Crippen molar-refractivity contribution in [2.24, 2.45) is 5.41 Å². The van der Waals surface area contributed by atoms with Gasteiger partial charge in [0.2, 0.25) is 0 Å². The fourth-order valence-electron chi connectivity index (χ4n) is 2.20. The molecule has 1 nitrogen and oxygen atoms in total. The van der Waals surface area contributed by atoms with Gasteiger partial charge in [0.15, 0.2) is 0 Å². The van der Waals surface area contributed by atoms with E-state index in [1.165, 1.54) is 5.56 Å². The quantitative estimate of drug-likeness (QED) is 0.723. The standard InChI is InChI=1S/C13H16O/c1-2-8-13(10-14)9-12(13)11-6-4-3-5-7-11/h2-8,12,14H,9-10H2,1H3/b8-2+/t12-,13-/m1/s1. The van der Waals surface area contributed by atoms with Crippen LogP contribution in [0, 0.1) is 5.41 Å². The van der Waals surface area contributed by atoms with E-state index in [9.17, 15) is 5.11 Å². The van der Waals surface area contributed by atoms with Crippen molar-refractivity contribution in [2.45, 2.75) is 19.3 Å². The van der Waals surface area contributed by atoms with Crippen molar-refractivity contribution in [2.75, 3.05) is 6.61 Å². The lowest BCUT2D eigenvalue weighted by molar-refractivity contribution is 0.237. The maximum Gasteiger partial charge on any atom is 0.0528 e. The van der Waals surface area contributed by atoms with Crippen molar-refractivity contribution in [3.05, 3.63) is 48.0 Å². The van der Waals surface area contributed by atoms with Crippen LogP contribution in [0.3, 0.4) is 0 Å². The number of allylic oxidation sites excluding steroid dienone is 1. The van der Waals surface area contributed by atoms with Crippen molar-refractivity contribution < 1.29 is 5.11 Å². The molecule has 0 heterocycles. The van der Waals surface area contributed by atoms with Crippen LogP contribution in [0.2, 0.25) is 0 Å². The third kappa shape index (κ3) is 1.48. The maximum atomic E-state index is 9.37. The topological polar surface area (TPSA) is 20.2 Å². The second kappa shape index (κ2) is 3.58. The van der Waals surface area contributed by atoms with Gasteiger partial charge in [0.05, 0.1) is 6.61 Å². The number of aliphatic hydroxyl groups excluding tert-OH is 1. The zero-order valence-corrected chi connectivity index (χ0v) is 8.48. The van der Waals surface area contributed by atoms with Gasteiger partial charge < -0.3 is 5.11 Å². The third-order valence-electron chi connectivity index (χ3n) is 3.11. The Balaban J connectivity index is 2.18. The van der Waals surface area contributed by atoms with E-state index < -0.39 is 0 Å². The Kier molecular flexibility index (Phi) is 2.42. The van der Waals surface area contributed by atoms with Crippen molar-refractivity contribution in [3.8, 4) is 0 Å². The monoisotopic (exact) mass is 188 g/mol. The van der Waals surface area contributed by atoms with Crippen LogP contribution < -0.4 is 0 Å². The Morgan fingerprint density at radius 3 is 2.71 bits per heavy atom. The molecule has 74 valence electrons. The van der Waals surface area contributed by atoms with Crippen LogP contribution >= 0.6 is 0 Å². The molecule has 0 aromatic heterocycles. The van der Waals surface area contributed by atoms with Gasteiger partial charge in [-0.1, -0.05) is 42.5 Å². The number of hydrogen-bond donors (Lipinski definition) is 1. The molecule has 1 aliphatic rings. The normalized spacial score (nSPS) is 30.9. The summed E-state index contributed by atoms with van der Waals surface area (Å²) in [5, 5.41) is 9.37. The van der Waals surface area contributed by atoms with E-state index in [1.54, 1.807) is 0 Å². The number of rotatable bonds is 3.